The molecule has 0 aromatic carbocycles. The molecule has 1 atom stereocenters. The molecular weight excluding hydrogens is 148 g/mol. The molecule has 0 aliphatic carbocycles. The molecule has 1 rings (SSSR count). The van der Waals surface area contributed by atoms with E-state index in [1.165, 1.54) is 0 Å². The van der Waals surface area contributed by atoms with Gasteiger partial charge < -0.3 is 15.7 Å². The molecule has 1 heterocycles. The number of carboxylic acid groups (broad SMARTS) is 1. The quantitative estimate of drug-likeness (QED) is 0.483. The Morgan fingerprint density at radius 1 is 1.82 bits per heavy atom. The molecule has 1 aliphatic heterocycles. The average molecular weight is 158 g/mol. The Morgan fingerprint density at radius 2 is 2.45 bits per heavy atom. The van der Waals surface area contributed by atoms with Crippen LogP contribution in [0.1, 0.15) is 13.3 Å². The van der Waals surface area contributed by atoms with Crippen molar-refractivity contribution in [3.63, 3.8) is 0 Å². The van der Waals surface area contributed by atoms with Gasteiger partial charge in [0.1, 0.15) is 5.54 Å². The van der Waals surface area contributed by atoms with E-state index in [4.69, 9.17) is 5.11 Å². The SMILES string of the molecule is C[C@@]1(NC(=O)O)CCNC1=O. The molecule has 0 aromatic heterocycles. The van der Waals surface area contributed by atoms with E-state index in [2.05, 4.69) is 10.6 Å². The standard InChI is InChI=1S/C6H10N2O3/c1-6(8-5(10)11)2-3-7-4(6)9/h8H,2-3H2,1H3,(H,7,9)(H,10,11)/t6-/m1/s1. The van der Waals surface area contributed by atoms with Gasteiger partial charge in [-0.15, -0.1) is 0 Å². The summed E-state index contributed by atoms with van der Waals surface area (Å²) >= 11 is 0. The highest BCUT2D eigenvalue weighted by Crippen LogP contribution is 2.14. The zero-order chi connectivity index (χ0) is 8.48. The van der Waals surface area contributed by atoms with E-state index in [9.17, 15) is 9.59 Å². The molecule has 0 saturated carbocycles. The van der Waals surface area contributed by atoms with Gasteiger partial charge in [-0.1, -0.05) is 0 Å². The Kier molecular flexibility index (Phi) is 1.72. The molecule has 2 amide bonds. The lowest BCUT2D eigenvalue weighted by Crippen LogP contribution is -2.50. The molecule has 1 aliphatic rings. The summed E-state index contributed by atoms with van der Waals surface area (Å²) in [4.78, 5) is 21.2. The van der Waals surface area contributed by atoms with Crippen LogP contribution in [-0.4, -0.2) is 29.2 Å². The summed E-state index contributed by atoms with van der Waals surface area (Å²) in [6.45, 7) is 2.11. The topological polar surface area (TPSA) is 78.4 Å². The van der Waals surface area contributed by atoms with Crippen LogP contribution in [0.3, 0.4) is 0 Å². The molecule has 0 spiro atoms. The van der Waals surface area contributed by atoms with Gasteiger partial charge in [-0.25, -0.2) is 4.79 Å². The smallest absolute Gasteiger partial charge is 0.405 e. The molecule has 3 N–H and O–H groups in total. The fourth-order valence-corrected chi connectivity index (χ4v) is 1.09. The number of hydrogen-bond acceptors (Lipinski definition) is 2. The predicted octanol–water partition coefficient (Wildman–Crippen LogP) is -0.467. The van der Waals surface area contributed by atoms with E-state index < -0.39 is 11.6 Å². The van der Waals surface area contributed by atoms with Crippen molar-refractivity contribution in [1.82, 2.24) is 10.6 Å². The fourth-order valence-electron chi connectivity index (χ4n) is 1.09. The molecule has 1 saturated heterocycles. The van der Waals surface area contributed by atoms with Crippen molar-refractivity contribution in [3.05, 3.63) is 0 Å². The Labute approximate surface area is 63.8 Å². The van der Waals surface area contributed by atoms with Crippen LogP contribution in [0.4, 0.5) is 4.79 Å². The zero-order valence-corrected chi connectivity index (χ0v) is 6.18. The van der Waals surface area contributed by atoms with Crippen LogP contribution in [0, 0.1) is 0 Å². The van der Waals surface area contributed by atoms with Gasteiger partial charge in [-0.3, -0.25) is 4.79 Å². The third-order valence-electron chi connectivity index (χ3n) is 1.79. The summed E-state index contributed by atoms with van der Waals surface area (Å²) in [5, 5.41) is 13.1. The van der Waals surface area contributed by atoms with Gasteiger partial charge in [0, 0.05) is 6.54 Å². The van der Waals surface area contributed by atoms with Gasteiger partial charge in [0.2, 0.25) is 5.91 Å². The monoisotopic (exact) mass is 158 g/mol. The maximum atomic E-state index is 11.0. The van der Waals surface area contributed by atoms with E-state index in [1.54, 1.807) is 6.92 Å². The van der Waals surface area contributed by atoms with Crippen molar-refractivity contribution in [3.8, 4) is 0 Å². The molecule has 11 heavy (non-hydrogen) atoms. The van der Waals surface area contributed by atoms with Crippen molar-refractivity contribution in [1.29, 1.82) is 0 Å². The predicted molar refractivity (Wildman–Crippen MR) is 37.2 cm³/mol. The summed E-state index contributed by atoms with van der Waals surface area (Å²) in [6, 6.07) is 0. The number of carbonyl (C=O) groups excluding carboxylic acids is 1. The molecule has 1 fully saturated rings. The number of hydrogen-bond donors (Lipinski definition) is 3. The maximum absolute atomic E-state index is 11.0. The van der Waals surface area contributed by atoms with E-state index >= 15 is 0 Å². The Balaban J connectivity index is 2.65. The molecule has 62 valence electrons. The van der Waals surface area contributed by atoms with E-state index in [0.717, 1.165) is 0 Å². The Hall–Kier alpha value is -1.26. The lowest BCUT2D eigenvalue weighted by Gasteiger charge is -2.19. The highest BCUT2D eigenvalue weighted by atomic mass is 16.4. The van der Waals surface area contributed by atoms with Crippen molar-refractivity contribution < 1.29 is 14.7 Å². The Morgan fingerprint density at radius 3 is 2.82 bits per heavy atom. The first-order valence-electron chi connectivity index (χ1n) is 3.34. The summed E-state index contributed by atoms with van der Waals surface area (Å²) in [7, 11) is 0. The van der Waals surface area contributed by atoms with E-state index in [-0.39, 0.29) is 5.91 Å². The van der Waals surface area contributed by atoms with Crippen LogP contribution in [0.25, 0.3) is 0 Å². The van der Waals surface area contributed by atoms with Crippen LogP contribution >= 0.6 is 0 Å². The average Bonchev–Trinajstić information content (AvgIpc) is 2.11. The minimum absolute atomic E-state index is 0.250. The van der Waals surface area contributed by atoms with Gasteiger partial charge in [0.05, 0.1) is 0 Å². The van der Waals surface area contributed by atoms with Gasteiger partial charge in [0.15, 0.2) is 0 Å². The van der Waals surface area contributed by atoms with Crippen LogP contribution < -0.4 is 10.6 Å². The number of nitrogens with one attached hydrogen (secondary N) is 2. The molecule has 0 radical (unpaired) electrons. The maximum Gasteiger partial charge on any atom is 0.405 e. The van der Waals surface area contributed by atoms with Gasteiger partial charge in [-0.05, 0) is 13.3 Å². The van der Waals surface area contributed by atoms with E-state index in [0.29, 0.717) is 13.0 Å². The van der Waals surface area contributed by atoms with Crippen molar-refractivity contribution in [2.75, 3.05) is 6.54 Å². The first-order valence-corrected chi connectivity index (χ1v) is 3.34. The lowest BCUT2D eigenvalue weighted by atomic mass is 10.0. The highest BCUT2D eigenvalue weighted by Gasteiger charge is 2.38. The van der Waals surface area contributed by atoms with Crippen LogP contribution in [0.15, 0.2) is 0 Å². The van der Waals surface area contributed by atoms with Gasteiger partial charge in [-0.2, -0.15) is 0 Å². The first kappa shape index (κ1) is 7.84. The Bertz CT molecular complexity index is 204. The highest BCUT2D eigenvalue weighted by molar-refractivity contribution is 5.90. The fraction of sp³-hybridized carbons (Fsp3) is 0.667. The van der Waals surface area contributed by atoms with Crippen LogP contribution in [-0.2, 0) is 4.79 Å². The third-order valence-corrected chi connectivity index (χ3v) is 1.79. The second-order valence-corrected chi connectivity index (χ2v) is 2.77. The van der Waals surface area contributed by atoms with Gasteiger partial charge >= 0.3 is 6.09 Å². The third kappa shape index (κ3) is 1.42. The number of rotatable bonds is 1. The van der Waals surface area contributed by atoms with Crippen molar-refractivity contribution in [2.45, 2.75) is 18.9 Å². The molecule has 0 unspecified atom stereocenters. The molecular formula is C6H10N2O3. The second kappa shape index (κ2) is 2.41. The largest absolute Gasteiger partial charge is 0.465 e. The minimum atomic E-state index is -1.16. The summed E-state index contributed by atoms with van der Waals surface area (Å²) in [5.41, 5.74) is -0.925. The van der Waals surface area contributed by atoms with Crippen LogP contribution in [0.5, 0.6) is 0 Å². The zero-order valence-electron chi connectivity index (χ0n) is 6.18. The molecule has 0 bridgehead atoms. The minimum Gasteiger partial charge on any atom is -0.465 e. The van der Waals surface area contributed by atoms with Crippen LogP contribution in [0.2, 0.25) is 0 Å². The number of amides is 2. The normalized spacial score (nSPS) is 29.7. The summed E-state index contributed by atoms with van der Waals surface area (Å²) in [6.07, 6.45) is -0.650. The summed E-state index contributed by atoms with van der Waals surface area (Å²) < 4.78 is 0. The van der Waals surface area contributed by atoms with E-state index in [1.807, 2.05) is 0 Å². The first-order chi connectivity index (χ1) is 5.04. The molecule has 5 nitrogen and oxygen atoms in total. The molecule has 5 heteroatoms. The van der Waals surface area contributed by atoms with Gasteiger partial charge in [0.25, 0.3) is 0 Å². The van der Waals surface area contributed by atoms with Crippen molar-refractivity contribution in [2.24, 2.45) is 0 Å². The summed E-state index contributed by atoms with van der Waals surface area (Å²) in [5.74, 6) is -0.250. The molecule has 0 aromatic rings. The number of carbonyl (C=O) groups is 2. The van der Waals surface area contributed by atoms with Crippen molar-refractivity contribution >= 4 is 12.0 Å². The lowest BCUT2D eigenvalue weighted by molar-refractivity contribution is -0.123. The second-order valence-electron chi connectivity index (χ2n) is 2.77.